The van der Waals surface area contributed by atoms with Crippen molar-refractivity contribution in [3.63, 3.8) is 0 Å². The first-order valence-electron chi connectivity index (χ1n) is 6.14. The summed E-state index contributed by atoms with van der Waals surface area (Å²) in [7, 11) is 0. The van der Waals surface area contributed by atoms with Crippen LogP contribution in [-0.4, -0.2) is 34.8 Å². The molecule has 1 aromatic carbocycles. The first-order chi connectivity index (χ1) is 9.07. The number of benzene rings is 1. The molecule has 1 saturated heterocycles. The summed E-state index contributed by atoms with van der Waals surface area (Å²) < 4.78 is 1.02. The Morgan fingerprint density at radius 3 is 2.74 bits per heavy atom. The molecule has 6 heteroatoms. The van der Waals surface area contributed by atoms with Crippen molar-refractivity contribution in [2.75, 3.05) is 18.1 Å². The fourth-order valence-corrected chi connectivity index (χ4v) is 3.39. The number of carbonyl (C=O) groups is 1. The van der Waals surface area contributed by atoms with E-state index < -0.39 is 5.60 Å². The molecule has 19 heavy (non-hydrogen) atoms. The van der Waals surface area contributed by atoms with E-state index in [1.807, 2.05) is 24.3 Å². The molecular weight excluding hydrogens is 328 g/mol. The number of hydrogen-bond donors (Lipinski definition) is 3. The topological polar surface area (TPSA) is 61.4 Å². The van der Waals surface area contributed by atoms with Crippen LogP contribution in [0.2, 0.25) is 0 Å². The normalized spacial score (nSPS) is 22.2. The lowest BCUT2D eigenvalue weighted by Gasteiger charge is -2.21. The van der Waals surface area contributed by atoms with Crippen LogP contribution in [0.4, 0.5) is 4.79 Å². The number of carbonyl (C=O) groups excluding carboxylic acids is 1. The van der Waals surface area contributed by atoms with E-state index in [-0.39, 0.29) is 6.03 Å². The second kappa shape index (κ2) is 6.63. The summed E-state index contributed by atoms with van der Waals surface area (Å²) in [6, 6.07) is 7.53. The molecule has 1 aliphatic rings. The third-order valence-corrected chi connectivity index (χ3v) is 4.79. The number of aliphatic hydroxyl groups is 1. The zero-order valence-corrected chi connectivity index (χ0v) is 12.9. The van der Waals surface area contributed by atoms with Crippen molar-refractivity contribution in [3.05, 3.63) is 34.3 Å². The zero-order valence-electron chi connectivity index (χ0n) is 10.5. The van der Waals surface area contributed by atoms with Crippen LogP contribution in [0.15, 0.2) is 28.7 Å². The number of halogens is 1. The monoisotopic (exact) mass is 344 g/mol. The number of thioether (sulfide) groups is 1. The Balaban J connectivity index is 1.71. The van der Waals surface area contributed by atoms with Gasteiger partial charge in [-0.05, 0) is 29.9 Å². The molecule has 1 heterocycles. The Morgan fingerprint density at radius 2 is 2.11 bits per heavy atom. The minimum absolute atomic E-state index is 0.242. The van der Waals surface area contributed by atoms with Gasteiger partial charge < -0.3 is 15.7 Å². The average molecular weight is 345 g/mol. The molecule has 1 aliphatic heterocycles. The van der Waals surface area contributed by atoms with Crippen LogP contribution in [0.25, 0.3) is 0 Å². The van der Waals surface area contributed by atoms with Crippen molar-refractivity contribution in [1.82, 2.24) is 10.6 Å². The third-order valence-electron chi connectivity index (χ3n) is 3.03. The van der Waals surface area contributed by atoms with Crippen LogP contribution in [0.1, 0.15) is 12.0 Å². The quantitative estimate of drug-likeness (QED) is 0.783. The van der Waals surface area contributed by atoms with E-state index in [0.717, 1.165) is 22.2 Å². The fraction of sp³-hybridized carbons (Fsp3) is 0.462. The number of rotatable bonds is 4. The van der Waals surface area contributed by atoms with Gasteiger partial charge in [-0.2, -0.15) is 11.8 Å². The van der Waals surface area contributed by atoms with Gasteiger partial charge in [0.2, 0.25) is 0 Å². The first-order valence-corrected chi connectivity index (χ1v) is 8.08. The fourth-order valence-electron chi connectivity index (χ4n) is 1.83. The van der Waals surface area contributed by atoms with Crippen molar-refractivity contribution < 1.29 is 9.90 Å². The summed E-state index contributed by atoms with van der Waals surface area (Å²) in [5.74, 6) is 1.65. The molecule has 2 amide bonds. The molecule has 1 aromatic rings. The van der Waals surface area contributed by atoms with Crippen LogP contribution in [0.5, 0.6) is 0 Å². The number of hydrogen-bond acceptors (Lipinski definition) is 3. The van der Waals surface area contributed by atoms with E-state index in [1.165, 1.54) is 0 Å². The Morgan fingerprint density at radius 1 is 1.37 bits per heavy atom. The molecule has 4 nitrogen and oxygen atoms in total. The second-order valence-electron chi connectivity index (χ2n) is 4.69. The van der Waals surface area contributed by atoms with Gasteiger partial charge in [0, 0.05) is 23.3 Å². The predicted octanol–water partition coefficient (Wildman–Crippen LogP) is 2.12. The minimum atomic E-state index is -0.736. The molecular formula is C13H17BrN2O2S. The molecule has 0 aromatic heterocycles. The Labute approximate surface area is 125 Å². The van der Waals surface area contributed by atoms with Gasteiger partial charge in [0.25, 0.3) is 0 Å². The predicted molar refractivity (Wildman–Crippen MR) is 81.3 cm³/mol. The van der Waals surface area contributed by atoms with Crippen LogP contribution in [0, 0.1) is 0 Å². The molecule has 0 radical (unpaired) electrons. The van der Waals surface area contributed by atoms with E-state index in [1.54, 1.807) is 11.8 Å². The Bertz CT molecular complexity index is 433. The van der Waals surface area contributed by atoms with Crippen molar-refractivity contribution in [1.29, 1.82) is 0 Å². The summed E-state index contributed by atoms with van der Waals surface area (Å²) >= 11 is 5.08. The molecule has 3 N–H and O–H groups in total. The average Bonchev–Trinajstić information content (AvgIpc) is 2.83. The maximum absolute atomic E-state index is 11.6. The summed E-state index contributed by atoms with van der Waals surface area (Å²) in [5.41, 5.74) is 0.299. The molecule has 104 valence electrons. The highest BCUT2D eigenvalue weighted by Gasteiger charge is 2.31. The highest BCUT2D eigenvalue weighted by atomic mass is 79.9. The van der Waals surface area contributed by atoms with Gasteiger partial charge in [0.1, 0.15) is 0 Å². The summed E-state index contributed by atoms with van der Waals surface area (Å²) in [4.78, 5) is 11.6. The van der Waals surface area contributed by atoms with Crippen LogP contribution >= 0.6 is 27.7 Å². The van der Waals surface area contributed by atoms with E-state index in [4.69, 9.17) is 0 Å². The maximum atomic E-state index is 11.6. The van der Waals surface area contributed by atoms with Gasteiger partial charge >= 0.3 is 6.03 Å². The first kappa shape index (κ1) is 14.7. The Hall–Kier alpha value is -0.720. The number of urea groups is 1. The van der Waals surface area contributed by atoms with Gasteiger partial charge in [-0.1, -0.05) is 28.1 Å². The van der Waals surface area contributed by atoms with E-state index >= 15 is 0 Å². The molecule has 0 spiro atoms. The van der Waals surface area contributed by atoms with Gasteiger partial charge in [-0.3, -0.25) is 0 Å². The van der Waals surface area contributed by atoms with Crippen LogP contribution < -0.4 is 10.6 Å². The van der Waals surface area contributed by atoms with Crippen LogP contribution in [0.3, 0.4) is 0 Å². The lowest BCUT2D eigenvalue weighted by atomic mass is 10.0. The third kappa shape index (κ3) is 4.71. The highest BCUT2D eigenvalue weighted by Crippen LogP contribution is 2.26. The molecule has 0 saturated carbocycles. The van der Waals surface area contributed by atoms with Crippen LogP contribution in [-0.2, 0) is 6.54 Å². The van der Waals surface area contributed by atoms with E-state index in [0.29, 0.717) is 18.8 Å². The molecule has 1 unspecified atom stereocenters. The van der Waals surface area contributed by atoms with Gasteiger partial charge in [0.05, 0.1) is 5.60 Å². The number of amides is 2. The smallest absolute Gasteiger partial charge is 0.315 e. The van der Waals surface area contributed by atoms with Gasteiger partial charge in [-0.15, -0.1) is 0 Å². The lowest BCUT2D eigenvalue weighted by molar-refractivity contribution is 0.0700. The SMILES string of the molecule is O=C(NCc1ccc(Br)cc1)NCC1(O)CCSC1. The maximum Gasteiger partial charge on any atom is 0.315 e. The summed E-state index contributed by atoms with van der Waals surface area (Å²) in [6.45, 7) is 0.790. The molecule has 0 bridgehead atoms. The zero-order chi connectivity index (χ0) is 13.7. The molecule has 0 aliphatic carbocycles. The van der Waals surface area contributed by atoms with Gasteiger partial charge in [0.15, 0.2) is 0 Å². The van der Waals surface area contributed by atoms with Crippen molar-refractivity contribution in [3.8, 4) is 0 Å². The van der Waals surface area contributed by atoms with Crippen molar-refractivity contribution >= 4 is 33.7 Å². The second-order valence-corrected chi connectivity index (χ2v) is 6.71. The lowest BCUT2D eigenvalue weighted by Crippen LogP contribution is -2.46. The van der Waals surface area contributed by atoms with Crippen molar-refractivity contribution in [2.24, 2.45) is 0 Å². The molecule has 1 atom stereocenters. The summed E-state index contributed by atoms with van der Waals surface area (Å²) in [6.07, 6.45) is 0.741. The molecule has 2 rings (SSSR count). The van der Waals surface area contributed by atoms with Gasteiger partial charge in [-0.25, -0.2) is 4.79 Å². The standard InChI is InChI=1S/C13H17BrN2O2S/c14-11-3-1-10(2-4-11)7-15-12(17)16-8-13(18)5-6-19-9-13/h1-4,18H,5-9H2,(H2,15,16,17). The largest absolute Gasteiger partial charge is 0.387 e. The number of nitrogens with one attached hydrogen (secondary N) is 2. The van der Waals surface area contributed by atoms with E-state index in [9.17, 15) is 9.90 Å². The van der Waals surface area contributed by atoms with Crippen molar-refractivity contribution in [2.45, 2.75) is 18.6 Å². The highest BCUT2D eigenvalue weighted by molar-refractivity contribution is 9.10. The molecule has 1 fully saturated rings. The Kier molecular flexibility index (Phi) is 5.13. The minimum Gasteiger partial charge on any atom is -0.387 e. The summed E-state index contributed by atoms with van der Waals surface area (Å²) in [5, 5.41) is 15.6. The van der Waals surface area contributed by atoms with E-state index in [2.05, 4.69) is 26.6 Å².